The van der Waals surface area contributed by atoms with Crippen LogP contribution in [0.15, 0.2) is 16.9 Å². The lowest BCUT2D eigenvalue weighted by atomic mass is 10.3. The van der Waals surface area contributed by atoms with Gasteiger partial charge in [0, 0.05) is 10.7 Å². The Bertz CT molecular complexity index is 207. The van der Waals surface area contributed by atoms with E-state index in [9.17, 15) is 0 Å². The lowest BCUT2D eigenvalue weighted by Crippen LogP contribution is -1.90. The summed E-state index contributed by atoms with van der Waals surface area (Å²) in [6.07, 6.45) is 3.37. The first kappa shape index (κ1) is 9.72. The number of rotatable bonds is 0. The summed E-state index contributed by atoms with van der Waals surface area (Å²) in [6.45, 7) is 1.95. The molecule has 4 heteroatoms. The molecule has 0 amide bonds. The Morgan fingerprint density at radius 2 is 2.10 bits per heavy atom. The van der Waals surface area contributed by atoms with Crippen LogP contribution in [0.3, 0.4) is 0 Å². The molecule has 1 rings (SSSR count). The van der Waals surface area contributed by atoms with Crippen LogP contribution in [0.2, 0.25) is 0 Å². The van der Waals surface area contributed by atoms with Crippen LogP contribution in [-0.4, -0.2) is 4.98 Å². The van der Waals surface area contributed by atoms with E-state index in [-0.39, 0.29) is 12.4 Å². The highest BCUT2D eigenvalue weighted by Crippen LogP contribution is 2.18. The maximum absolute atomic E-state index is 5.53. The fourth-order valence-corrected chi connectivity index (χ4v) is 0.862. The number of nitrogen functional groups attached to an aromatic ring is 1. The third-order valence-corrected chi connectivity index (χ3v) is 1.99. The van der Waals surface area contributed by atoms with Gasteiger partial charge in [-0.05, 0) is 28.4 Å². The summed E-state index contributed by atoms with van der Waals surface area (Å²) in [7, 11) is 0. The number of halogens is 2. The molecule has 0 aromatic carbocycles. The van der Waals surface area contributed by atoms with Gasteiger partial charge in [-0.15, -0.1) is 12.4 Å². The minimum Gasteiger partial charge on any atom is -0.397 e. The second kappa shape index (κ2) is 3.78. The van der Waals surface area contributed by atoms with Gasteiger partial charge in [-0.1, -0.05) is 0 Å². The van der Waals surface area contributed by atoms with Crippen molar-refractivity contribution in [3.63, 3.8) is 0 Å². The number of nitrogens with two attached hydrogens (primary N) is 1. The predicted octanol–water partition coefficient (Wildman–Crippen LogP) is 2.16. The average molecular weight is 224 g/mol. The van der Waals surface area contributed by atoms with Crippen molar-refractivity contribution in [3.05, 3.63) is 22.4 Å². The van der Waals surface area contributed by atoms with Crippen LogP contribution < -0.4 is 5.73 Å². The molecule has 2 nitrogen and oxygen atoms in total. The average Bonchev–Trinajstić information content (AvgIpc) is 1.83. The third-order valence-electron chi connectivity index (χ3n) is 1.19. The first-order chi connectivity index (χ1) is 4.22. The van der Waals surface area contributed by atoms with Crippen molar-refractivity contribution in [2.45, 2.75) is 6.92 Å². The molecule has 10 heavy (non-hydrogen) atoms. The molecule has 0 bridgehead atoms. The van der Waals surface area contributed by atoms with E-state index >= 15 is 0 Å². The monoisotopic (exact) mass is 222 g/mol. The zero-order valence-corrected chi connectivity index (χ0v) is 7.87. The second-order valence-electron chi connectivity index (χ2n) is 1.84. The molecule has 0 aliphatic carbocycles. The Labute approximate surface area is 74.4 Å². The van der Waals surface area contributed by atoms with Gasteiger partial charge in [0.25, 0.3) is 0 Å². The number of aromatic nitrogens is 1. The Morgan fingerprint density at radius 1 is 1.50 bits per heavy atom. The van der Waals surface area contributed by atoms with Crippen molar-refractivity contribution in [2.24, 2.45) is 0 Å². The minimum atomic E-state index is 0. The largest absolute Gasteiger partial charge is 0.397 e. The van der Waals surface area contributed by atoms with Gasteiger partial charge in [-0.2, -0.15) is 0 Å². The summed E-state index contributed by atoms with van der Waals surface area (Å²) in [4.78, 5) is 3.87. The molecule has 0 aliphatic rings. The summed E-state index contributed by atoms with van der Waals surface area (Å²) in [5.74, 6) is 0. The number of hydrogen-bond donors (Lipinski definition) is 1. The van der Waals surface area contributed by atoms with Crippen LogP contribution in [0.5, 0.6) is 0 Å². The quantitative estimate of drug-likeness (QED) is 0.732. The van der Waals surface area contributed by atoms with Crippen molar-refractivity contribution in [2.75, 3.05) is 5.73 Å². The van der Waals surface area contributed by atoms with Gasteiger partial charge in [0.2, 0.25) is 0 Å². The van der Waals surface area contributed by atoms with E-state index in [1.165, 1.54) is 0 Å². The highest BCUT2D eigenvalue weighted by Gasteiger charge is 1.95. The molecule has 1 aromatic rings. The second-order valence-corrected chi connectivity index (χ2v) is 2.69. The summed E-state index contributed by atoms with van der Waals surface area (Å²) in [5.41, 5.74) is 7.30. The smallest absolute Gasteiger partial charge is 0.0541 e. The SMILES string of the molecule is Cc1c(N)cncc1Br.Cl. The lowest BCUT2D eigenvalue weighted by Gasteiger charge is -1.98. The molecule has 56 valence electrons. The van der Waals surface area contributed by atoms with Gasteiger partial charge >= 0.3 is 0 Å². The first-order valence-electron chi connectivity index (χ1n) is 2.57. The van der Waals surface area contributed by atoms with Crippen molar-refractivity contribution < 1.29 is 0 Å². The Kier molecular flexibility index (Phi) is 3.68. The fourth-order valence-electron chi connectivity index (χ4n) is 0.515. The van der Waals surface area contributed by atoms with E-state index in [2.05, 4.69) is 20.9 Å². The van der Waals surface area contributed by atoms with Gasteiger partial charge in [0.15, 0.2) is 0 Å². The minimum absolute atomic E-state index is 0. The molecule has 1 aromatic heterocycles. The van der Waals surface area contributed by atoms with Crippen LogP contribution >= 0.6 is 28.3 Å². The van der Waals surface area contributed by atoms with Gasteiger partial charge in [-0.25, -0.2) is 0 Å². The highest BCUT2D eigenvalue weighted by atomic mass is 79.9. The van der Waals surface area contributed by atoms with Crippen molar-refractivity contribution in [3.8, 4) is 0 Å². The molecule has 0 saturated heterocycles. The molecule has 0 spiro atoms. The summed E-state index contributed by atoms with van der Waals surface area (Å²) < 4.78 is 0.961. The van der Waals surface area contributed by atoms with Crippen LogP contribution in [0.25, 0.3) is 0 Å². The normalized spacial score (nSPS) is 8.60. The van der Waals surface area contributed by atoms with Gasteiger partial charge in [-0.3, -0.25) is 4.98 Å². The maximum Gasteiger partial charge on any atom is 0.0541 e. The lowest BCUT2D eigenvalue weighted by molar-refractivity contribution is 1.27. The third kappa shape index (κ3) is 1.85. The van der Waals surface area contributed by atoms with Gasteiger partial charge in [0.05, 0.1) is 11.9 Å². The molecule has 0 fully saturated rings. The van der Waals surface area contributed by atoms with Crippen LogP contribution in [0.1, 0.15) is 5.56 Å². The topological polar surface area (TPSA) is 38.9 Å². The standard InChI is InChI=1S/C6H7BrN2.ClH/c1-4-5(7)2-9-3-6(4)8;/h2-3H,8H2,1H3;1H. The Hall–Kier alpha value is -0.280. The van der Waals surface area contributed by atoms with Crippen molar-refractivity contribution >= 4 is 34.0 Å². The van der Waals surface area contributed by atoms with Gasteiger partial charge in [0.1, 0.15) is 0 Å². The van der Waals surface area contributed by atoms with E-state index in [1.54, 1.807) is 12.4 Å². The van der Waals surface area contributed by atoms with Crippen molar-refractivity contribution in [1.29, 1.82) is 0 Å². The zero-order chi connectivity index (χ0) is 6.85. The maximum atomic E-state index is 5.53. The fraction of sp³-hybridized carbons (Fsp3) is 0.167. The molecule has 0 unspecified atom stereocenters. The van der Waals surface area contributed by atoms with E-state index in [4.69, 9.17) is 5.73 Å². The molecular formula is C6H8BrClN2. The molecule has 0 radical (unpaired) electrons. The number of hydrogen-bond acceptors (Lipinski definition) is 2. The summed E-state index contributed by atoms with van der Waals surface area (Å²) >= 11 is 3.30. The number of pyridine rings is 1. The highest BCUT2D eigenvalue weighted by molar-refractivity contribution is 9.10. The molecule has 0 atom stereocenters. The Balaban J connectivity index is 0.000000810. The van der Waals surface area contributed by atoms with Crippen LogP contribution in [0, 0.1) is 6.92 Å². The van der Waals surface area contributed by atoms with E-state index in [0.717, 1.165) is 15.7 Å². The first-order valence-corrected chi connectivity index (χ1v) is 3.36. The van der Waals surface area contributed by atoms with Gasteiger partial charge < -0.3 is 5.73 Å². The molecule has 0 aliphatic heterocycles. The molecular weight excluding hydrogens is 215 g/mol. The predicted molar refractivity (Wildman–Crippen MR) is 48.3 cm³/mol. The number of anilines is 1. The molecule has 0 saturated carbocycles. The van der Waals surface area contributed by atoms with E-state index in [0.29, 0.717) is 0 Å². The Morgan fingerprint density at radius 3 is 2.50 bits per heavy atom. The van der Waals surface area contributed by atoms with E-state index in [1.807, 2.05) is 6.92 Å². The zero-order valence-electron chi connectivity index (χ0n) is 5.47. The van der Waals surface area contributed by atoms with Crippen molar-refractivity contribution in [1.82, 2.24) is 4.98 Å². The van der Waals surface area contributed by atoms with E-state index < -0.39 is 0 Å². The number of nitrogens with zero attached hydrogens (tertiary/aromatic N) is 1. The van der Waals surface area contributed by atoms with Crippen LogP contribution in [0.4, 0.5) is 5.69 Å². The summed E-state index contributed by atoms with van der Waals surface area (Å²) in [6, 6.07) is 0. The summed E-state index contributed by atoms with van der Waals surface area (Å²) in [5, 5.41) is 0. The van der Waals surface area contributed by atoms with Crippen LogP contribution in [-0.2, 0) is 0 Å². The molecule has 2 N–H and O–H groups in total. The molecule has 1 heterocycles.